The van der Waals surface area contributed by atoms with E-state index in [1.807, 2.05) is 25.1 Å². The number of rotatable bonds is 11. The first-order valence-corrected chi connectivity index (χ1v) is 25.2. The van der Waals surface area contributed by atoms with E-state index in [1.165, 1.54) is 80.2 Å². The number of Topliss-reactive ketones (excluding diaryl/α,β-unsaturated/α-hetero) is 2. The molecule has 0 radical (unpaired) electrons. The Kier molecular flexibility index (Phi) is 11.6. The Morgan fingerprint density at radius 1 is 0.462 bits per heavy atom. The van der Waals surface area contributed by atoms with Crippen molar-refractivity contribution < 1.29 is 69.1 Å². The number of hydrogen-bond acceptors (Lipinski definition) is 12. The predicted octanol–water partition coefficient (Wildman–Crippen LogP) is 6.88. The molecule has 0 saturated heterocycles. The normalized spacial score (nSPS) is 20.1. The topological polar surface area (TPSA) is 215 Å². The molecule has 14 nitrogen and oxygen atoms in total. The molecule has 2 aliphatic carbocycles. The van der Waals surface area contributed by atoms with Gasteiger partial charge in [0.1, 0.15) is 0 Å². The number of carboxylic acid groups (broad SMARTS) is 2. The number of furan rings is 4. The number of ketones is 2. The molecule has 6 unspecified atom stereocenters. The van der Waals surface area contributed by atoms with Crippen LogP contribution in [-0.2, 0) is 20.4 Å². The molecule has 2 N–H and O–H groups in total. The number of aromatic nitrogens is 2. The molecule has 0 amide bonds. The number of carbonyl (C=O) groups excluding carboxylic acids is 4. The highest BCUT2D eigenvalue weighted by molar-refractivity contribution is 6.27. The van der Waals surface area contributed by atoms with Crippen LogP contribution in [0.15, 0.2) is 250 Å². The lowest BCUT2D eigenvalue weighted by Gasteiger charge is -2.48. The van der Waals surface area contributed by atoms with Gasteiger partial charge in [0.05, 0.1) is 87.5 Å². The van der Waals surface area contributed by atoms with Crippen molar-refractivity contribution in [3.63, 3.8) is 0 Å². The second-order valence-electron chi connectivity index (χ2n) is 19.8. The number of aliphatic carboxylic acids is 2. The number of fused-ring (bicyclic) bond motifs is 2. The van der Waals surface area contributed by atoms with Crippen LogP contribution in [0.25, 0.3) is 0 Å². The minimum atomic E-state index is -4.34. The molecule has 4 aromatic carbocycles. The summed E-state index contributed by atoms with van der Waals surface area (Å²) in [5.74, 6) is -9.10. The molecule has 10 heterocycles. The lowest BCUT2D eigenvalue weighted by Crippen LogP contribution is -2.76. The van der Waals surface area contributed by atoms with Gasteiger partial charge in [-0.05, 0) is 35.4 Å². The molecule has 10 aromatic rings. The third-order valence-electron chi connectivity index (χ3n) is 16.3. The van der Waals surface area contributed by atoms with Gasteiger partial charge in [-0.3, -0.25) is 9.59 Å². The van der Waals surface area contributed by atoms with Crippen LogP contribution < -0.4 is 19.3 Å². The van der Waals surface area contributed by atoms with Gasteiger partial charge in [-0.2, -0.15) is 9.13 Å². The van der Waals surface area contributed by atoms with Crippen molar-refractivity contribution >= 4 is 23.5 Å². The zero-order valence-electron chi connectivity index (χ0n) is 43.4. The van der Waals surface area contributed by atoms with Crippen LogP contribution in [0.2, 0.25) is 0 Å². The molecule has 16 rings (SSSR count). The highest BCUT2D eigenvalue weighted by Gasteiger charge is 2.63. The van der Waals surface area contributed by atoms with E-state index in [0.717, 1.165) is 37.1 Å². The van der Waals surface area contributed by atoms with E-state index >= 15 is 0 Å². The highest BCUT2D eigenvalue weighted by Crippen LogP contribution is 2.61. The Morgan fingerprint density at radius 3 is 1.12 bits per heavy atom. The van der Waals surface area contributed by atoms with Crippen molar-refractivity contribution in [2.45, 2.75) is 58.8 Å². The molecular formula is C64H48N2O12. The van der Waals surface area contributed by atoms with E-state index in [1.54, 1.807) is 25.1 Å². The lowest BCUT2D eigenvalue weighted by molar-refractivity contribution is -0.732. The fraction of sp³-hybridized carbons (Fsp3) is 0.156. The van der Waals surface area contributed by atoms with Gasteiger partial charge < -0.3 is 47.7 Å². The quantitative estimate of drug-likeness (QED) is 0.0770. The summed E-state index contributed by atoms with van der Waals surface area (Å²) < 4.78 is 42.3. The van der Waals surface area contributed by atoms with Crippen molar-refractivity contribution in [2.24, 2.45) is 0 Å². The van der Waals surface area contributed by atoms with Gasteiger partial charge in [0.2, 0.25) is 22.8 Å². The molecule has 78 heavy (non-hydrogen) atoms. The van der Waals surface area contributed by atoms with Gasteiger partial charge in [0.25, 0.3) is 0 Å². The maximum Gasteiger partial charge on any atom is 0.209 e. The monoisotopic (exact) mass is 1040 g/mol. The minimum Gasteiger partial charge on any atom is -0.546 e. The molecule has 0 spiro atoms. The second kappa shape index (κ2) is 19.3. The van der Waals surface area contributed by atoms with Gasteiger partial charge in [0, 0.05) is 81.6 Å². The average molecular weight is 1040 g/mol. The third-order valence-corrected chi connectivity index (χ3v) is 16.3. The second-order valence-corrected chi connectivity index (χ2v) is 19.8. The Bertz CT molecular complexity index is 3550. The van der Waals surface area contributed by atoms with Crippen LogP contribution in [0, 0.1) is 0 Å². The van der Waals surface area contributed by atoms with Crippen molar-refractivity contribution in [2.75, 3.05) is 0 Å². The van der Waals surface area contributed by atoms with E-state index in [9.17, 15) is 39.6 Å². The van der Waals surface area contributed by atoms with Crippen LogP contribution >= 0.6 is 0 Å². The van der Waals surface area contributed by atoms with E-state index in [-0.39, 0.29) is 22.7 Å². The highest BCUT2D eigenvalue weighted by atomic mass is 16.5. The van der Waals surface area contributed by atoms with E-state index in [0.29, 0.717) is 12.1 Å². The number of hydrogen-bond donors (Lipinski definition) is 2. The van der Waals surface area contributed by atoms with Crippen LogP contribution in [0.5, 0.6) is 0 Å². The zero-order valence-corrected chi connectivity index (χ0v) is 41.4. The van der Waals surface area contributed by atoms with Crippen molar-refractivity contribution in [1.82, 2.24) is 0 Å². The van der Waals surface area contributed by atoms with Crippen molar-refractivity contribution in [1.29, 1.82) is 0 Å². The van der Waals surface area contributed by atoms with Gasteiger partial charge in [-0.25, -0.2) is 0 Å². The van der Waals surface area contributed by atoms with Crippen LogP contribution in [-0.4, -0.2) is 44.9 Å². The summed E-state index contributed by atoms with van der Waals surface area (Å²) >= 11 is 0. The first-order chi connectivity index (χ1) is 38.8. The largest absolute Gasteiger partial charge is 0.546 e. The number of aliphatic hydroxyl groups is 2. The Labute approximate surface area is 449 Å². The summed E-state index contributed by atoms with van der Waals surface area (Å²) in [4.78, 5) is 48.6. The summed E-state index contributed by atoms with van der Waals surface area (Å²) in [6, 6.07) is 47.5. The smallest absolute Gasteiger partial charge is 0.209 e. The van der Waals surface area contributed by atoms with Gasteiger partial charge in [-0.15, -0.1) is 0 Å². The third kappa shape index (κ3) is 7.31. The van der Waals surface area contributed by atoms with Gasteiger partial charge in [-0.1, -0.05) is 121 Å². The zero-order chi connectivity index (χ0) is 55.6. The molecule has 6 atom stereocenters. The summed E-state index contributed by atoms with van der Waals surface area (Å²) in [7, 11) is 0. The molecule has 0 fully saturated rings. The summed E-state index contributed by atoms with van der Waals surface area (Å²) in [5, 5.41) is 44.2. The molecule has 386 valence electrons. The van der Waals surface area contributed by atoms with Crippen LogP contribution in [0.1, 0.15) is 116 Å². The SMILES string of the molecule is [2H]c1ccccc1C(=O)C(O)(C(=O)[O-])C(O)(C(=O)[O-])C(=O)c1ccccc1[2H].c1ccc2c(c1)C1CC(c3ccoc3)(c3ccoc3)C2c2cccc[n+]21.c1ccc2c(c1)C1CC(c3ccoc3)(c3ccoc3)C2c2cccc[n+]21. The first kappa shape index (κ1) is 47.0. The molecular weight excluding hydrogens is 989 g/mol. The predicted molar refractivity (Wildman–Crippen MR) is 273 cm³/mol. The van der Waals surface area contributed by atoms with Crippen LogP contribution in [0.4, 0.5) is 0 Å². The number of nitrogens with zero attached hydrogens (tertiary/aromatic N) is 2. The summed E-state index contributed by atoms with van der Waals surface area (Å²) in [6.45, 7) is 0. The van der Waals surface area contributed by atoms with Gasteiger partial charge in [0.15, 0.2) is 35.9 Å². The Hall–Kier alpha value is -9.50. The van der Waals surface area contributed by atoms with Crippen molar-refractivity contribution in [3.8, 4) is 0 Å². The number of pyridine rings is 2. The van der Waals surface area contributed by atoms with E-state index in [4.69, 9.17) is 20.4 Å². The van der Waals surface area contributed by atoms with Crippen molar-refractivity contribution in [3.05, 3.63) is 299 Å². The van der Waals surface area contributed by atoms with E-state index < -0.39 is 57.9 Å². The van der Waals surface area contributed by atoms with Crippen LogP contribution in [0.3, 0.4) is 0 Å². The summed E-state index contributed by atoms with van der Waals surface area (Å²) in [6.07, 6.45) is 21.2. The fourth-order valence-corrected chi connectivity index (χ4v) is 12.9. The minimum absolute atomic E-state index is 0.180. The summed E-state index contributed by atoms with van der Waals surface area (Å²) in [5.41, 5.74) is 2.65. The Morgan fingerprint density at radius 2 is 0.795 bits per heavy atom. The average Bonchev–Trinajstić information content (AvgIpc) is 4.50. The number of carboxylic acids is 2. The lowest BCUT2D eigenvalue weighted by atomic mass is 9.54. The standard InChI is InChI=1S/2C23H18NO2.C18H14O8/c2*1-2-6-19-18(5-1)21-13-23(16-8-11-25-14-16,17-9-12-26-15-17)22(19)20-7-3-4-10-24(20)21;19-13(11-7-3-1-4-8-11)17(25,15(21)22)18(26,16(23)24)14(20)12-9-5-2-6-10-12/h2*1-12,14-15,21-22H,13H2;1-10,25-26H,(H,21,22)(H,23,24)/q2*+1;/p-2/i;;7D,9D. The Balaban J connectivity index is 0.000000119. The molecule has 4 aliphatic heterocycles. The maximum atomic E-state index is 12.7. The van der Waals surface area contributed by atoms with E-state index in [2.05, 4.69) is 131 Å². The molecule has 4 bridgehead atoms. The number of benzene rings is 4. The molecule has 0 saturated carbocycles. The molecule has 6 aromatic heterocycles. The maximum absolute atomic E-state index is 12.7. The first-order valence-electron chi connectivity index (χ1n) is 26.2. The number of carbonyl (C=O) groups is 4. The molecule has 14 heteroatoms. The molecule has 6 aliphatic rings. The fourth-order valence-electron chi connectivity index (χ4n) is 12.9. The van der Waals surface area contributed by atoms with Gasteiger partial charge >= 0.3 is 0 Å².